The third-order valence-electron chi connectivity index (χ3n) is 4.60. The number of hydrogen-bond donors (Lipinski definition) is 1. The van der Waals surface area contributed by atoms with Crippen LogP contribution in [0.3, 0.4) is 0 Å². The summed E-state index contributed by atoms with van der Waals surface area (Å²) in [5, 5.41) is 3.75. The summed E-state index contributed by atoms with van der Waals surface area (Å²) in [4.78, 5) is 0. The van der Waals surface area contributed by atoms with Crippen LogP contribution in [0.15, 0.2) is 16.7 Å². The lowest BCUT2D eigenvalue weighted by atomic mass is 9.75. The second-order valence-electron chi connectivity index (χ2n) is 6.12. The molecule has 0 bridgehead atoms. The number of aryl methyl sites for hydroxylation is 1. The molecule has 1 aromatic rings. The lowest BCUT2D eigenvalue weighted by Crippen LogP contribution is -2.32. The number of furan rings is 1. The monoisotopic (exact) mass is 263 g/mol. The maximum Gasteiger partial charge on any atom is 0.101 e. The highest BCUT2D eigenvalue weighted by Gasteiger charge is 2.29. The zero-order valence-electron chi connectivity index (χ0n) is 12.7. The molecular weight excluding hydrogens is 234 g/mol. The van der Waals surface area contributed by atoms with E-state index in [-0.39, 0.29) is 0 Å². The van der Waals surface area contributed by atoms with E-state index in [9.17, 15) is 0 Å². The zero-order valence-corrected chi connectivity index (χ0v) is 12.7. The van der Waals surface area contributed by atoms with Gasteiger partial charge in [0.15, 0.2) is 0 Å². The van der Waals surface area contributed by atoms with E-state index in [4.69, 9.17) is 4.42 Å². The van der Waals surface area contributed by atoms with Crippen molar-refractivity contribution in [3.8, 4) is 0 Å². The molecule has 1 heterocycles. The molecule has 1 aliphatic carbocycles. The molecule has 19 heavy (non-hydrogen) atoms. The minimum atomic E-state index is 0.492. The third kappa shape index (κ3) is 3.85. The zero-order chi connectivity index (χ0) is 13.7. The highest BCUT2D eigenvalue weighted by Crippen LogP contribution is 2.38. The first-order chi connectivity index (χ1) is 9.24. The van der Waals surface area contributed by atoms with Gasteiger partial charge in [-0.1, -0.05) is 33.1 Å². The highest BCUT2D eigenvalue weighted by molar-refractivity contribution is 5.17. The maximum absolute atomic E-state index is 5.53. The molecule has 2 heteroatoms. The largest absolute Gasteiger partial charge is 0.469 e. The van der Waals surface area contributed by atoms with Crippen molar-refractivity contribution < 1.29 is 4.42 Å². The van der Waals surface area contributed by atoms with E-state index in [0.29, 0.717) is 6.04 Å². The molecule has 0 amide bonds. The molecular formula is C17H29NO. The summed E-state index contributed by atoms with van der Waals surface area (Å²) in [6, 6.07) is 2.70. The Morgan fingerprint density at radius 3 is 2.84 bits per heavy atom. The first-order valence-electron chi connectivity index (χ1n) is 8.03. The van der Waals surface area contributed by atoms with Gasteiger partial charge in [0, 0.05) is 11.6 Å². The van der Waals surface area contributed by atoms with Crippen molar-refractivity contribution in [3.63, 3.8) is 0 Å². The molecule has 1 aliphatic rings. The van der Waals surface area contributed by atoms with Crippen LogP contribution in [0.2, 0.25) is 0 Å². The molecule has 2 nitrogen and oxygen atoms in total. The highest BCUT2D eigenvalue weighted by atomic mass is 16.3. The van der Waals surface area contributed by atoms with E-state index in [1.165, 1.54) is 44.1 Å². The molecule has 1 fully saturated rings. The van der Waals surface area contributed by atoms with Crippen LogP contribution in [-0.4, -0.2) is 6.54 Å². The molecule has 3 atom stereocenters. The van der Waals surface area contributed by atoms with Crippen LogP contribution in [0.1, 0.15) is 69.7 Å². The van der Waals surface area contributed by atoms with Gasteiger partial charge in [0.25, 0.3) is 0 Å². The normalized spacial score (nSPS) is 25.4. The average Bonchev–Trinajstić information content (AvgIpc) is 2.86. The van der Waals surface area contributed by atoms with Gasteiger partial charge in [0.05, 0.1) is 6.26 Å². The Morgan fingerprint density at radius 1 is 1.37 bits per heavy atom. The lowest BCUT2D eigenvalue weighted by molar-refractivity contribution is 0.209. The van der Waals surface area contributed by atoms with Crippen LogP contribution in [0.25, 0.3) is 0 Å². The Morgan fingerprint density at radius 2 is 2.21 bits per heavy atom. The fourth-order valence-electron chi connectivity index (χ4n) is 3.49. The van der Waals surface area contributed by atoms with Gasteiger partial charge in [-0.15, -0.1) is 0 Å². The van der Waals surface area contributed by atoms with Crippen molar-refractivity contribution in [2.24, 2.45) is 11.8 Å². The van der Waals surface area contributed by atoms with Gasteiger partial charge in [0.1, 0.15) is 5.76 Å². The third-order valence-corrected chi connectivity index (χ3v) is 4.60. The number of hydrogen-bond acceptors (Lipinski definition) is 2. The summed E-state index contributed by atoms with van der Waals surface area (Å²) in [7, 11) is 0. The Bertz CT molecular complexity index is 371. The summed E-state index contributed by atoms with van der Waals surface area (Å²) in [5.41, 5.74) is 1.35. The molecule has 0 aromatic carbocycles. The molecule has 0 spiro atoms. The van der Waals surface area contributed by atoms with Crippen molar-refractivity contribution >= 4 is 0 Å². The minimum absolute atomic E-state index is 0.492. The molecule has 1 saturated carbocycles. The first kappa shape index (κ1) is 14.6. The molecule has 108 valence electrons. The molecule has 3 unspecified atom stereocenters. The summed E-state index contributed by atoms with van der Waals surface area (Å²) >= 11 is 0. The topological polar surface area (TPSA) is 25.2 Å². The van der Waals surface area contributed by atoms with E-state index in [2.05, 4.69) is 25.2 Å². The summed E-state index contributed by atoms with van der Waals surface area (Å²) in [6.45, 7) is 7.71. The second kappa shape index (κ2) is 7.14. The molecule has 2 rings (SSSR count). The average molecular weight is 263 g/mol. The number of nitrogens with one attached hydrogen (secondary N) is 1. The Labute approximate surface area is 118 Å². The van der Waals surface area contributed by atoms with Crippen molar-refractivity contribution in [1.29, 1.82) is 0 Å². The standard InChI is InChI=1S/C17H29NO/c1-4-9-18-17(16-10-13(3)19-12-16)15-8-6-7-14(5-2)11-15/h10,12,14-15,17-18H,4-9,11H2,1-3H3. The molecule has 0 aliphatic heterocycles. The fourth-order valence-corrected chi connectivity index (χ4v) is 3.49. The van der Waals surface area contributed by atoms with Crippen molar-refractivity contribution in [2.75, 3.05) is 6.54 Å². The molecule has 0 radical (unpaired) electrons. The Balaban J connectivity index is 2.08. The second-order valence-corrected chi connectivity index (χ2v) is 6.12. The molecule has 1 N–H and O–H groups in total. The number of rotatable bonds is 6. The van der Waals surface area contributed by atoms with Crippen LogP contribution in [0.4, 0.5) is 0 Å². The Kier molecular flexibility index (Phi) is 5.50. The fraction of sp³-hybridized carbons (Fsp3) is 0.765. The van der Waals surface area contributed by atoms with Crippen LogP contribution in [0.5, 0.6) is 0 Å². The van der Waals surface area contributed by atoms with E-state index < -0.39 is 0 Å². The van der Waals surface area contributed by atoms with Crippen LogP contribution in [-0.2, 0) is 0 Å². The van der Waals surface area contributed by atoms with E-state index in [0.717, 1.165) is 24.1 Å². The molecule has 1 aromatic heterocycles. The van der Waals surface area contributed by atoms with E-state index in [1.807, 2.05) is 13.2 Å². The summed E-state index contributed by atoms with van der Waals surface area (Å²) in [5.74, 6) is 2.74. The lowest BCUT2D eigenvalue weighted by Gasteiger charge is -2.34. The van der Waals surface area contributed by atoms with Gasteiger partial charge < -0.3 is 9.73 Å². The van der Waals surface area contributed by atoms with Gasteiger partial charge in [-0.05, 0) is 50.6 Å². The minimum Gasteiger partial charge on any atom is -0.469 e. The van der Waals surface area contributed by atoms with Crippen molar-refractivity contribution in [1.82, 2.24) is 5.32 Å². The van der Waals surface area contributed by atoms with Crippen LogP contribution >= 0.6 is 0 Å². The maximum atomic E-state index is 5.53. The quantitative estimate of drug-likeness (QED) is 0.794. The van der Waals surface area contributed by atoms with Crippen LogP contribution in [0, 0.1) is 18.8 Å². The van der Waals surface area contributed by atoms with Gasteiger partial charge in [0.2, 0.25) is 0 Å². The Hall–Kier alpha value is -0.760. The predicted octanol–water partition coefficient (Wildman–Crippen LogP) is 4.85. The van der Waals surface area contributed by atoms with Gasteiger partial charge in [-0.25, -0.2) is 0 Å². The van der Waals surface area contributed by atoms with Gasteiger partial charge >= 0.3 is 0 Å². The summed E-state index contributed by atoms with van der Waals surface area (Å²) < 4.78 is 5.53. The van der Waals surface area contributed by atoms with E-state index >= 15 is 0 Å². The van der Waals surface area contributed by atoms with Crippen molar-refractivity contribution in [3.05, 3.63) is 23.7 Å². The first-order valence-corrected chi connectivity index (χ1v) is 8.03. The smallest absolute Gasteiger partial charge is 0.101 e. The van der Waals surface area contributed by atoms with E-state index in [1.54, 1.807) is 0 Å². The molecule has 0 saturated heterocycles. The SMILES string of the molecule is CCCNC(c1coc(C)c1)C1CCCC(CC)C1. The van der Waals surface area contributed by atoms with Crippen molar-refractivity contribution in [2.45, 2.75) is 65.3 Å². The van der Waals surface area contributed by atoms with Gasteiger partial charge in [-0.2, -0.15) is 0 Å². The summed E-state index contributed by atoms with van der Waals surface area (Å²) in [6.07, 6.45) is 10.0. The van der Waals surface area contributed by atoms with Crippen LogP contribution < -0.4 is 5.32 Å². The van der Waals surface area contributed by atoms with Gasteiger partial charge in [-0.3, -0.25) is 0 Å². The predicted molar refractivity (Wildman–Crippen MR) is 80.2 cm³/mol.